The maximum absolute atomic E-state index is 13.3. The zero-order chi connectivity index (χ0) is 24.7. The van der Waals surface area contributed by atoms with Gasteiger partial charge < -0.3 is 28.9 Å². The highest BCUT2D eigenvalue weighted by atomic mass is 31.2. The van der Waals surface area contributed by atoms with E-state index in [1.807, 2.05) is 0 Å². The normalized spacial score (nSPS) is 24.6. The van der Waals surface area contributed by atoms with Crippen LogP contribution in [-0.4, -0.2) is 71.5 Å². The minimum atomic E-state index is -4.20. The quantitative estimate of drug-likeness (QED) is 0.317. The largest absolute Gasteiger partial charge is 0.468 e. The monoisotopic (exact) mass is 496 g/mol. The predicted octanol–water partition coefficient (Wildman–Crippen LogP) is 1.04. The third-order valence-electron chi connectivity index (χ3n) is 4.72. The molecule has 1 aliphatic heterocycles. The summed E-state index contributed by atoms with van der Waals surface area (Å²) in [5.41, 5.74) is 0.120. The molecule has 3 N–H and O–H groups in total. The molecule has 12 nitrogen and oxygen atoms in total. The van der Waals surface area contributed by atoms with Crippen LogP contribution in [0.3, 0.4) is 0 Å². The summed E-state index contributed by atoms with van der Waals surface area (Å²) in [6.07, 6.45) is -3.12. The Balaban J connectivity index is 1.66. The number of para-hydroxylation sites is 1. The highest BCUT2D eigenvalue weighted by molar-refractivity contribution is 7.52. The lowest BCUT2D eigenvalue weighted by Gasteiger charge is -2.24. The molecule has 184 valence electrons. The first kappa shape index (κ1) is 25.8. The number of carbonyl (C=O) groups excluding carboxylic acids is 2. The molecule has 0 bridgehead atoms. The third-order valence-corrected chi connectivity index (χ3v) is 6.37. The van der Waals surface area contributed by atoms with Gasteiger partial charge in [-0.2, -0.15) is 5.09 Å². The number of aliphatic hydroxyl groups is 2. The van der Waals surface area contributed by atoms with E-state index in [0.29, 0.717) is 0 Å². The number of rotatable bonds is 10. The number of hydrogen-bond acceptors (Lipinski definition) is 11. The Morgan fingerprint density at radius 2 is 1.91 bits per heavy atom. The van der Waals surface area contributed by atoms with E-state index in [1.54, 1.807) is 18.2 Å². The Bertz CT molecular complexity index is 1010. The number of aliphatic hydroxyl groups excluding tert-OH is 2. The molecule has 1 aromatic carbocycles. The Kier molecular flexibility index (Phi) is 8.72. The van der Waals surface area contributed by atoms with Gasteiger partial charge in [0, 0.05) is 12.4 Å². The molecule has 2 aromatic rings. The van der Waals surface area contributed by atoms with Gasteiger partial charge in [0.05, 0.1) is 19.3 Å². The standard InChI is InChI=1S/C21H25N2O10P/c1-13(19(26)29-2)23-34(28,33-15-8-4-3-5-9-15)30-12-16-17(24)18(25)21(31-16)32-20(27)14-7-6-10-22-11-14/h3-11,13,16-18,21,24-25H,12H2,1-2H3,(H,23,28)/t13?,16-,17-,18-,21?,34-/m1/s1. The van der Waals surface area contributed by atoms with Crippen molar-refractivity contribution < 1.29 is 47.6 Å². The van der Waals surface area contributed by atoms with Crippen molar-refractivity contribution in [2.45, 2.75) is 37.6 Å². The molecule has 6 atom stereocenters. The van der Waals surface area contributed by atoms with E-state index >= 15 is 0 Å². The molecule has 0 amide bonds. The number of carbonyl (C=O) groups is 2. The van der Waals surface area contributed by atoms with Crippen molar-refractivity contribution in [2.24, 2.45) is 0 Å². The first-order valence-electron chi connectivity index (χ1n) is 10.2. The highest BCUT2D eigenvalue weighted by Crippen LogP contribution is 2.45. The van der Waals surface area contributed by atoms with Crippen LogP contribution in [0.2, 0.25) is 0 Å². The van der Waals surface area contributed by atoms with Gasteiger partial charge in [0.2, 0.25) is 6.29 Å². The van der Waals surface area contributed by atoms with E-state index in [9.17, 15) is 24.4 Å². The summed E-state index contributed by atoms with van der Waals surface area (Å²) in [4.78, 5) is 27.8. The number of nitrogens with one attached hydrogen (secondary N) is 1. The molecule has 1 fully saturated rings. The topological polar surface area (TPSA) is 163 Å². The van der Waals surface area contributed by atoms with Crippen molar-refractivity contribution >= 4 is 19.7 Å². The minimum Gasteiger partial charge on any atom is -0.468 e. The van der Waals surface area contributed by atoms with Crippen molar-refractivity contribution in [1.82, 2.24) is 10.1 Å². The molecule has 3 rings (SSSR count). The SMILES string of the molecule is COC(=O)C(C)N[P@@](=O)(OC[C@H]1OC(OC(=O)c2cccnc2)[C@H](O)[C@@H]1O)Oc1ccccc1. The molecule has 1 aromatic heterocycles. The van der Waals surface area contributed by atoms with E-state index < -0.39 is 56.9 Å². The number of hydrogen-bond donors (Lipinski definition) is 3. The summed E-state index contributed by atoms with van der Waals surface area (Å²) in [6.45, 7) is 0.860. The van der Waals surface area contributed by atoms with Gasteiger partial charge >= 0.3 is 19.7 Å². The summed E-state index contributed by atoms with van der Waals surface area (Å²) >= 11 is 0. The van der Waals surface area contributed by atoms with E-state index in [0.717, 1.165) is 0 Å². The second kappa shape index (κ2) is 11.5. The lowest BCUT2D eigenvalue weighted by molar-refractivity contribution is -0.142. The lowest BCUT2D eigenvalue weighted by Crippen LogP contribution is -2.37. The molecular weight excluding hydrogens is 471 g/mol. The Labute approximate surface area is 195 Å². The summed E-state index contributed by atoms with van der Waals surface area (Å²) in [7, 11) is -3.03. The lowest BCUT2D eigenvalue weighted by atomic mass is 10.1. The molecule has 0 radical (unpaired) electrons. The number of ether oxygens (including phenoxy) is 3. The zero-order valence-corrected chi connectivity index (χ0v) is 19.2. The average molecular weight is 496 g/mol. The first-order valence-corrected chi connectivity index (χ1v) is 11.7. The van der Waals surface area contributed by atoms with Gasteiger partial charge in [0.15, 0.2) is 0 Å². The van der Waals surface area contributed by atoms with Crippen LogP contribution in [0.1, 0.15) is 17.3 Å². The Morgan fingerprint density at radius 1 is 1.18 bits per heavy atom. The van der Waals surface area contributed by atoms with Crippen LogP contribution >= 0.6 is 7.75 Å². The van der Waals surface area contributed by atoms with E-state index in [1.165, 1.54) is 50.7 Å². The van der Waals surface area contributed by atoms with Crippen molar-refractivity contribution in [1.29, 1.82) is 0 Å². The number of aromatic nitrogens is 1. The van der Waals surface area contributed by atoms with Crippen LogP contribution in [0, 0.1) is 0 Å². The zero-order valence-electron chi connectivity index (χ0n) is 18.3. The first-order chi connectivity index (χ1) is 16.2. The molecule has 2 heterocycles. The van der Waals surface area contributed by atoms with Crippen LogP contribution in [0.15, 0.2) is 54.9 Å². The summed E-state index contributed by atoms with van der Waals surface area (Å²) in [5, 5.41) is 23.0. The predicted molar refractivity (Wildman–Crippen MR) is 116 cm³/mol. The van der Waals surface area contributed by atoms with Gasteiger partial charge in [0.25, 0.3) is 0 Å². The number of benzene rings is 1. The smallest absolute Gasteiger partial charge is 0.459 e. The molecule has 2 unspecified atom stereocenters. The maximum Gasteiger partial charge on any atom is 0.459 e. The summed E-state index contributed by atoms with van der Waals surface area (Å²) in [6, 6.07) is 9.99. The Morgan fingerprint density at radius 3 is 2.56 bits per heavy atom. The van der Waals surface area contributed by atoms with Crippen LogP contribution in [0.25, 0.3) is 0 Å². The second-order valence-corrected chi connectivity index (χ2v) is 8.94. The highest BCUT2D eigenvalue weighted by Gasteiger charge is 2.46. The number of nitrogens with zero attached hydrogens (tertiary/aromatic N) is 1. The van der Waals surface area contributed by atoms with Gasteiger partial charge in [-0.3, -0.25) is 14.3 Å². The van der Waals surface area contributed by atoms with Crippen LogP contribution < -0.4 is 9.61 Å². The van der Waals surface area contributed by atoms with E-state index in [4.69, 9.17) is 18.5 Å². The van der Waals surface area contributed by atoms with Crippen LogP contribution in [-0.2, 0) is 28.1 Å². The molecule has 0 spiro atoms. The van der Waals surface area contributed by atoms with Gasteiger partial charge in [-0.05, 0) is 31.2 Å². The van der Waals surface area contributed by atoms with Crippen molar-refractivity contribution in [3.05, 3.63) is 60.4 Å². The molecule has 0 saturated carbocycles. The number of pyridine rings is 1. The summed E-state index contributed by atoms with van der Waals surface area (Å²) in [5.74, 6) is -1.35. The number of methoxy groups -OCH3 is 1. The van der Waals surface area contributed by atoms with E-state index in [-0.39, 0.29) is 11.3 Å². The average Bonchev–Trinajstić information content (AvgIpc) is 3.11. The number of esters is 2. The minimum absolute atomic E-state index is 0.120. The molecule has 0 aliphatic carbocycles. The van der Waals surface area contributed by atoms with Gasteiger partial charge in [0.1, 0.15) is 30.1 Å². The molecule has 34 heavy (non-hydrogen) atoms. The third kappa shape index (κ3) is 6.60. The van der Waals surface area contributed by atoms with E-state index in [2.05, 4.69) is 14.8 Å². The van der Waals surface area contributed by atoms with Crippen molar-refractivity contribution in [3.63, 3.8) is 0 Å². The van der Waals surface area contributed by atoms with Gasteiger partial charge in [-0.15, -0.1) is 0 Å². The van der Waals surface area contributed by atoms with Crippen LogP contribution in [0.5, 0.6) is 5.75 Å². The fraction of sp³-hybridized carbons (Fsp3) is 0.381. The molecule has 1 aliphatic rings. The van der Waals surface area contributed by atoms with Crippen LogP contribution in [0.4, 0.5) is 0 Å². The van der Waals surface area contributed by atoms with Gasteiger partial charge in [-0.1, -0.05) is 18.2 Å². The Hall–Kier alpha value is -2.86. The molecular formula is C21H25N2O10P. The fourth-order valence-electron chi connectivity index (χ4n) is 2.95. The molecule has 1 saturated heterocycles. The van der Waals surface area contributed by atoms with Crippen molar-refractivity contribution in [3.8, 4) is 5.75 Å². The van der Waals surface area contributed by atoms with Crippen molar-refractivity contribution in [2.75, 3.05) is 13.7 Å². The summed E-state index contributed by atoms with van der Waals surface area (Å²) < 4.78 is 39.4. The second-order valence-electron chi connectivity index (χ2n) is 7.24. The van der Waals surface area contributed by atoms with Gasteiger partial charge in [-0.25, -0.2) is 9.36 Å². The molecule has 13 heteroatoms. The fourth-order valence-corrected chi connectivity index (χ4v) is 4.46. The maximum atomic E-state index is 13.3.